The predicted octanol–water partition coefficient (Wildman–Crippen LogP) is 2.14. The number of carbonyl (C=O) groups is 1. The molecule has 104 valence electrons. The highest BCUT2D eigenvalue weighted by Crippen LogP contribution is 2.17. The lowest BCUT2D eigenvalue weighted by Crippen LogP contribution is -2.21. The highest BCUT2D eigenvalue weighted by Gasteiger charge is 2.14. The van der Waals surface area contributed by atoms with E-state index in [0.717, 1.165) is 18.5 Å². The zero-order valence-electron chi connectivity index (χ0n) is 11.2. The molecule has 1 aliphatic heterocycles. The van der Waals surface area contributed by atoms with E-state index in [1.165, 1.54) is 24.6 Å². The number of aryl methyl sites for hydroxylation is 1. The number of nitrogens with zero attached hydrogens (tertiary/aromatic N) is 2. The van der Waals surface area contributed by atoms with Gasteiger partial charge >= 0.3 is 0 Å². The topological polar surface area (TPSA) is 60.1 Å². The molecule has 1 aliphatic rings. The second kappa shape index (κ2) is 5.77. The number of furan rings is 1. The average molecular weight is 271 g/mol. The first-order valence-electron chi connectivity index (χ1n) is 6.86. The second-order valence-corrected chi connectivity index (χ2v) is 4.86. The van der Waals surface area contributed by atoms with Crippen LogP contribution in [-0.4, -0.2) is 15.7 Å². The summed E-state index contributed by atoms with van der Waals surface area (Å²) in [6.45, 7) is 1.51. The molecule has 1 amide bonds. The molecule has 0 saturated heterocycles. The van der Waals surface area contributed by atoms with E-state index in [-0.39, 0.29) is 5.91 Å². The lowest BCUT2D eigenvalue weighted by atomic mass is 10.1. The van der Waals surface area contributed by atoms with Gasteiger partial charge in [0.1, 0.15) is 5.76 Å². The Morgan fingerprint density at radius 2 is 2.45 bits per heavy atom. The number of rotatable bonds is 4. The van der Waals surface area contributed by atoms with Crippen LogP contribution in [0, 0.1) is 0 Å². The molecular weight excluding hydrogens is 254 g/mol. The van der Waals surface area contributed by atoms with Crippen LogP contribution in [-0.2, 0) is 24.3 Å². The van der Waals surface area contributed by atoms with E-state index in [4.69, 9.17) is 4.42 Å². The van der Waals surface area contributed by atoms with Crippen LogP contribution in [0.3, 0.4) is 0 Å². The predicted molar refractivity (Wildman–Crippen MR) is 74.8 cm³/mol. The van der Waals surface area contributed by atoms with Crippen molar-refractivity contribution in [2.45, 2.75) is 32.4 Å². The third kappa shape index (κ3) is 2.82. The van der Waals surface area contributed by atoms with Gasteiger partial charge in [-0.25, -0.2) is 0 Å². The first-order valence-corrected chi connectivity index (χ1v) is 6.86. The maximum absolute atomic E-state index is 11.7. The van der Waals surface area contributed by atoms with Gasteiger partial charge in [0, 0.05) is 30.4 Å². The monoisotopic (exact) mass is 271 g/mol. The average Bonchev–Trinajstić information content (AvgIpc) is 3.12. The quantitative estimate of drug-likeness (QED) is 0.867. The first-order chi connectivity index (χ1) is 9.83. The van der Waals surface area contributed by atoms with E-state index in [1.54, 1.807) is 24.5 Å². The van der Waals surface area contributed by atoms with Crippen molar-refractivity contribution in [2.75, 3.05) is 0 Å². The van der Waals surface area contributed by atoms with Crippen molar-refractivity contribution in [3.8, 4) is 0 Å². The normalized spacial score (nSPS) is 14.4. The van der Waals surface area contributed by atoms with Gasteiger partial charge in [-0.2, -0.15) is 5.10 Å². The number of fused-ring (bicyclic) bond motifs is 1. The standard InChI is InChI=1S/C15H17N3O2/c19-15(7-6-13-4-3-9-20-13)16-10-12-11-17-18-8-2-1-5-14(12)18/h3-4,6-7,9,11H,1-2,5,8,10H2,(H,16,19). The number of aromatic nitrogens is 2. The molecule has 2 aromatic rings. The van der Waals surface area contributed by atoms with E-state index in [1.807, 2.05) is 10.9 Å². The van der Waals surface area contributed by atoms with Crippen molar-refractivity contribution < 1.29 is 9.21 Å². The molecule has 5 heteroatoms. The van der Waals surface area contributed by atoms with E-state index in [0.29, 0.717) is 12.3 Å². The highest BCUT2D eigenvalue weighted by molar-refractivity contribution is 5.91. The van der Waals surface area contributed by atoms with Gasteiger partial charge in [-0.3, -0.25) is 9.48 Å². The summed E-state index contributed by atoms with van der Waals surface area (Å²) < 4.78 is 7.17. The summed E-state index contributed by atoms with van der Waals surface area (Å²) in [6.07, 6.45) is 10.0. The Kier molecular flexibility index (Phi) is 3.67. The van der Waals surface area contributed by atoms with Crippen molar-refractivity contribution >= 4 is 12.0 Å². The Labute approximate surface area is 117 Å². The minimum Gasteiger partial charge on any atom is -0.465 e. The molecule has 0 aliphatic carbocycles. The summed E-state index contributed by atoms with van der Waals surface area (Å²) in [5.74, 6) is 0.542. The molecule has 0 spiro atoms. The smallest absolute Gasteiger partial charge is 0.244 e. The molecule has 1 N–H and O–H groups in total. The Bertz CT molecular complexity index is 611. The molecule has 0 bridgehead atoms. The van der Waals surface area contributed by atoms with Crippen molar-refractivity contribution in [1.82, 2.24) is 15.1 Å². The number of nitrogens with one attached hydrogen (secondary N) is 1. The fourth-order valence-electron chi connectivity index (χ4n) is 2.42. The minimum absolute atomic E-state index is 0.128. The maximum atomic E-state index is 11.7. The van der Waals surface area contributed by atoms with Crippen LogP contribution in [0.15, 0.2) is 35.1 Å². The van der Waals surface area contributed by atoms with Gasteiger partial charge in [0.25, 0.3) is 0 Å². The van der Waals surface area contributed by atoms with Crippen LogP contribution in [0.2, 0.25) is 0 Å². The Morgan fingerprint density at radius 1 is 1.50 bits per heavy atom. The molecule has 0 saturated carbocycles. The van der Waals surface area contributed by atoms with E-state index in [2.05, 4.69) is 10.4 Å². The van der Waals surface area contributed by atoms with Crippen molar-refractivity contribution in [2.24, 2.45) is 0 Å². The van der Waals surface area contributed by atoms with Crippen LogP contribution < -0.4 is 5.32 Å². The van der Waals surface area contributed by atoms with E-state index >= 15 is 0 Å². The fourth-order valence-corrected chi connectivity index (χ4v) is 2.42. The first kappa shape index (κ1) is 12.7. The molecule has 0 aromatic carbocycles. The van der Waals surface area contributed by atoms with Gasteiger partial charge in [0.15, 0.2) is 0 Å². The van der Waals surface area contributed by atoms with Crippen molar-refractivity contribution in [1.29, 1.82) is 0 Å². The Balaban J connectivity index is 1.57. The largest absolute Gasteiger partial charge is 0.465 e. The van der Waals surface area contributed by atoms with Crippen LogP contribution >= 0.6 is 0 Å². The zero-order valence-corrected chi connectivity index (χ0v) is 11.2. The van der Waals surface area contributed by atoms with Gasteiger partial charge < -0.3 is 9.73 Å². The van der Waals surface area contributed by atoms with Crippen LogP contribution in [0.5, 0.6) is 0 Å². The van der Waals surface area contributed by atoms with Gasteiger partial charge in [0.2, 0.25) is 5.91 Å². The molecule has 5 nitrogen and oxygen atoms in total. The summed E-state index contributed by atoms with van der Waals surface area (Å²) >= 11 is 0. The molecule has 2 aromatic heterocycles. The van der Waals surface area contributed by atoms with Gasteiger partial charge in [0.05, 0.1) is 12.5 Å². The van der Waals surface area contributed by atoms with Gasteiger partial charge in [-0.05, 0) is 37.5 Å². The molecule has 0 unspecified atom stereocenters. The molecule has 3 rings (SSSR count). The maximum Gasteiger partial charge on any atom is 0.244 e. The number of carbonyl (C=O) groups excluding carboxylic acids is 1. The molecule has 0 atom stereocenters. The van der Waals surface area contributed by atoms with Crippen LogP contribution in [0.4, 0.5) is 0 Å². The second-order valence-electron chi connectivity index (χ2n) is 4.86. The van der Waals surface area contributed by atoms with Crippen molar-refractivity contribution in [3.05, 3.63) is 47.7 Å². The SMILES string of the molecule is O=C(C=Cc1ccco1)NCc1cnn2c1CCCC2. The summed E-state index contributed by atoms with van der Waals surface area (Å²) in [5.41, 5.74) is 2.37. The summed E-state index contributed by atoms with van der Waals surface area (Å²) in [5, 5.41) is 7.23. The van der Waals surface area contributed by atoms with Crippen LogP contribution in [0.25, 0.3) is 6.08 Å². The molecule has 3 heterocycles. The Hall–Kier alpha value is -2.30. The number of amides is 1. The third-order valence-electron chi connectivity index (χ3n) is 3.46. The molecular formula is C15H17N3O2. The molecule has 0 fully saturated rings. The van der Waals surface area contributed by atoms with Gasteiger partial charge in [-0.15, -0.1) is 0 Å². The van der Waals surface area contributed by atoms with Crippen molar-refractivity contribution in [3.63, 3.8) is 0 Å². The third-order valence-corrected chi connectivity index (χ3v) is 3.46. The minimum atomic E-state index is -0.128. The lowest BCUT2D eigenvalue weighted by molar-refractivity contribution is -0.116. The van der Waals surface area contributed by atoms with E-state index in [9.17, 15) is 4.79 Å². The highest BCUT2D eigenvalue weighted by atomic mass is 16.3. The fraction of sp³-hybridized carbons (Fsp3) is 0.333. The summed E-state index contributed by atoms with van der Waals surface area (Å²) in [7, 11) is 0. The summed E-state index contributed by atoms with van der Waals surface area (Å²) in [4.78, 5) is 11.7. The van der Waals surface area contributed by atoms with Crippen LogP contribution in [0.1, 0.15) is 29.9 Å². The zero-order chi connectivity index (χ0) is 13.8. The Morgan fingerprint density at radius 3 is 3.30 bits per heavy atom. The summed E-state index contributed by atoms with van der Waals surface area (Å²) in [6, 6.07) is 3.59. The molecule has 0 radical (unpaired) electrons. The van der Waals surface area contributed by atoms with E-state index < -0.39 is 0 Å². The number of hydrogen-bond donors (Lipinski definition) is 1. The molecule has 20 heavy (non-hydrogen) atoms. The van der Waals surface area contributed by atoms with Gasteiger partial charge in [-0.1, -0.05) is 0 Å². The lowest BCUT2D eigenvalue weighted by Gasteiger charge is -2.14. The number of hydrogen-bond acceptors (Lipinski definition) is 3.